The number of nitrogens with one attached hydrogen (secondary N) is 1. The number of carbonyl (C=O) groups is 3. The van der Waals surface area contributed by atoms with Gasteiger partial charge in [0, 0.05) is 5.69 Å². The fourth-order valence-corrected chi connectivity index (χ4v) is 3.54. The van der Waals surface area contributed by atoms with Crippen molar-refractivity contribution in [2.24, 2.45) is 0 Å². The van der Waals surface area contributed by atoms with Gasteiger partial charge in [-0.3, -0.25) is 19.3 Å². The number of benzene rings is 2. The maximum atomic E-state index is 12.3. The molecule has 4 rings (SSSR count). The molecule has 0 aromatic heterocycles. The van der Waals surface area contributed by atoms with Crippen molar-refractivity contribution in [3.63, 3.8) is 0 Å². The molecule has 1 aliphatic carbocycles. The van der Waals surface area contributed by atoms with E-state index in [0.29, 0.717) is 16.8 Å². The maximum Gasteiger partial charge on any atom is 0.262 e. The van der Waals surface area contributed by atoms with Crippen LogP contribution in [0.5, 0.6) is 0 Å². The van der Waals surface area contributed by atoms with Crippen LogP contribution in [0.15, 0.2) is 42.5 Å². The third kappa shape index (κ3) is 2.82. The van der Waals surface area contributed by atoms with Crippen molar-refractivity contribution < 1.29 is 14.4 Å². The highest BCUT2D eigenvalue weighted by molar-refractivity contribution is 6.22. The van der Waals surface area contributed by atoms with E-state index in [1.807, 2.05) is 18.2 Å². The van der Waals surface area contributed by atoms with Crippen LogP contribution in [0.25, 0.3) is 0 Å². The summed E-state index contributed by atoms with van der Waals surface area (Å²) in [6.07, 6.45) is 4.48. The predicted octanol–water partition coefficient (Wildman–Crippen LogP) is 2.80. The smallest absolute Gasteiger partial charge is 0.262 e. The van der Waals surface area contributed by atoms with Crippen LogP contribution in [0.1, 0.15) is 44.7 Å². The second kappa shape index (κ2) is 6.16. The Morgan fingerprint density at radius 1 is 0.920 bits per heavy atom. The Hall–Kier alpha value is -2.95. The lowest BCUT2D eigenvalue weighted by Gasteiger charge is -2.18. The Labute approximate surface area is 145 Å². The zero-order valence-corrected chi connectivity index (χ0v) is 13.7. The Kier molecular flexibility index (Phi) is 3.84. The SMILES string of the molecule is O=C(CN1C(=O)c2ccccc2C1=O)Nc1ccc2c(c1)CCCC2. The van der Waals surface area contributed by atoms with E-state index in [1.54, 1.807) is 24.3 Å². The monoisotopic (exact) mass is 334 g/mol. The summed E-state index contributed by atoms with van der Waals surface area (Å²) >= 11 is 0. The fourth-order valence-electron chi connectivity index (χ4n) is 3.54. The molecular formula is C20H18N2O3. The summed E-state index contributed by atoms with van der Waals surface area (Å²) in [5.41, 5.74) is 4.03. The summed E-state index contributed by atoms with van der Waals surface area (Å²) in [5, 5.41) is 2.80. The van der Waals surface area contributed by atoms with Gasteiger partial charge >= 0.3 is 0 Å². The fraction of sp³-hybridized carbons (Fsp3) is 0.250. The lowest BCUT2D eigenvalue weighted by atomic mass is 9.91. The molecule has 0 saturated carbocycles. The van der Waals surface area contributed by atoms with Crippen LogP contribution in [0.3, 0.4) is 0 Å². The molecule has 1 aliphatic heterocycles. The van der Waals surface area contributed by atoms with Gasteiger partial charge < -0.3 is 5.32 Å². The van der Waals surface area contributed by atoms with Gasteiger partial charge in [0.25, 0.3) is 11.8 Å². The Morgan fingerprint density at radius 3 is 2.24 bits per heavy atom. The summed E-state index contributed by atoms with van der Waals surface area (Å²) < 4.78 is 0. The lowest BCUT2D eigenvalue weighted by Crippen LogP contribution is -2.37. The number of anilines is 1. The topological polar surface area (TPSA) is 66.5 Å². The van der Waals surface area contributed by atoms with E-state index in [1.165, 1.54) is 24.0 Å². The first kappa shape index (κ1) is 15.6. The third-order valence-corrected chi connectivity index (χ3v) is 4.81. The second-order valence-corrected chi connectivity index (χ2v) is 6.48. The zero-order chi connectivity index (χ0) is 17.4. The highest BCUT2D eigenvalue weighted by Crippen LogP contribution is 2.25. The lowest BCUT2D eigenvalue weighted by molar-refractivity contribution is -0.116. The molecule has 2 aromatic rings. The van der Waals surface area contributed by atoms with Gasteiger partial charge in [0.15, 0.2) is 0 Å². The average Bonchev–Trinajstić information content (AvgIpc) is 2.87. The molecule has 1 heterocycles. The molecular weight excluding hydrogens is 316 g/mol. The molecule has 0 atom stereocenters. The van der Waals surface area contributed by atoms with Gasteiger partial charge in [-0.2, -0.15) is 0 Å². The molecule has 0 bridgehead atoms. The summed E-state index contributed by atoms with van der Waals surface area (Å²) in [7, 11) is 0. The Bertz CT molecular complexity index is 853. The summed E-state index contributed by atoms with van der Waals surface area (Å²) in [5.74, 6) is -1.20. The molecule has 3 amide bonds. The van der Waals surface area contributed by atoms with E-state index < -0.39 is 11.8 Å². The third-order valence-electron chi connectivity index (χ3n) is 4.81. The largest absolute Gasteiger partial charge is 0.325 e. The summed E-state index contributed by atoms with van der Waals surface area (Å²) in [4.78, 5) is 37.9. The van der Waals surface area contributed by atoms with Crippen molar-refractivity contribution >= 4 is 23.4 Å². The number of imide groups is 1. The maximum absolute atomic E-state index is 12.3. The summed E-state index contributed by atoms with van der Waals surface area (Å²) in [6, 6.07) is 12.6. The van der Waals surface area contributed by atoms with Gasteiger partial charge in [0.2, 0.25) is 5.91 Å². The molecule has 25 heavy (non-hydrogen) atoms. The molecule has 126 valence electrons. The number of fused-ring (bicyclic) bond motifs is 2. The number of hydrogen-bond donors (Lipinski definition) is 1. The molecule has 0 spiro atoms. The summed E-state index contributed by atoms with van der Waals surface area (Å²) in [6.45, 7) is -0.274. The highest BCUT2D eigenvalue weighted by Gasteiger charge is 2.36. The molecule has 1 N–H and O–H groups in total. The van der Waals surface area contributed by atoms with Gasteiger partial charge in [-0.25, -0.2) is 0 Å². The van der Waals surface area contributed by atoms with Crippen molar-refractivity contribution in [3.05, 3.63) is 64.7 Å². The molecule has 0 unspecified atom stereocenters. The number of amides is 3. The van der Waals surface area contributed by atoms with E-state index in [-0.39, 0.29) is 12.5 Å². The first-order chi connectivity index (χ1) is 12.1. The number of nitrogens with zero attached hydrogens (tertiary/aromatic N) is 1. The van der Waals surface area contributed by atoms with Crippen LogP contribution in [0.2, 0.25) is 0 Å². The number of carbonyl (C=O) groups excluding carboxylic acids is 3. The molecule has 2 aliphatic rings. The van der Waals surface area contributed by atoms with Crippen molar-refractivity contribution in [1.29, 1.82) is 0 Å². The van der Waals surface area contributed by atoms with Crippen LogP contribution in [0.4, 0.5) is 5.69 Å². The van der Waals surface area contributed by atoms with E-state index in [2.05, 4.69) is 5.32 Å². The normalized spacial score (nSPS) is 15.8. The standard InChI is InChI=1S/C20H18N2O3/c23-18(21-15-10-9-13-5-1-2-6-14(13)11-15)12-22-19(24)16-7-3-4-8-17(16)20(22)25/h3-4,7-11H,1-2,5-6,12H2,(H,21,23). The average molecular weight is 334 g/mol. The first-order valence-corrected chi connectivity index (χ1v) is 8.50. The van der Waals surface area contributed by atoms with E-state index in [4.69, 9.17) is 0 Å². The van der Waals surface area contributed by atoms with Crippen LogP contribution < -0.4 is 5.32 Å². The van der Waals surface area contributed by atoms with Crippen LogP contribution in [0, 0.1) is 0 Å². The minimum atomic E-state index is -0.416. The van der Waals surface area contributed by atoms with Crippen LogP contribution >= 0.6 is 0 Å². The van der Waals surface area contributed by atoms with Crippen molar-refractivity contribution in [2.45, 2.75) is 25.7 Å². The molecule has 5 heteroatoms. The minimum absolute atomic E-state index is 0.274. The van der Waals surface area contributed by atoms with Crippen LogP contribution in [-0.2, 0) is 17.6 Å². The number of rotatable bonds is 3. The number of hydrogen-bond acceptors (Lipinski definition) is 3. The molecule has 0 fully saturated rings. The van der Waals surface area contributed by atoms with Crippen molar-refractivity contribution in [3.8, 4) is 0 Å². The van der Waals surface area contributed by atoms with Crippen molar-refractivity contribution in [2.75, 3.05) is 11.9 Å². The van der Waals surface area contributed by atoms with E-state index in [9.17, 15) is 14.4 Å². The van der Waals surface area contributed by atoms with Gasteiger partial charge in [0.05, 0.1) is 11.1 Å². The predicted molar refractivity (Wildman–Crippen MR) is 93.5 cm³/mol. The highest BCUT2D eigenvalue weighted by atomic mass is 16.2. The van der Waals surface area contributed by atoms with Gasteiger partial charge in [0.1, 0.15) is 6.54 Å². The van der Waals surface area contributed by atoms with Gasteiger partial charge in [-0.1, -0.05) is 18.2 Å². The zero-order valence-electron chi connectivity index (χ0n) is 13.7. The first-order valence-electron chi connectivity index (χ1n) is 8.50. The second-order valence-electron chi connectivity index (χ2n) is 6.48. The van der Waals surface area contributed by atoms with Crippen molar-refractivity contribution in [1.82, 2.24) is 4.90 Å². The Balaban J connectivity index is 1.46. The quantitative estimate of drug-likeness (QED) is 0.878. The number of aryl methyl sites for hydroxylation is 2. The van der Waals surface area contributed by atoms with Gasteiger partial charge in [-0.15, -0.1) is 0 Å². The van der Waals surface area contributed by atoms with Crippen LogP contribution in [-0.4, -0.2) is 29.2 Å². The van der Waals surface area contributed by atoms with E-state index >= 15 is 0 Å². The Morgan fingerprint density at radius 2 is 1.56 bits per heavy atom. The molecule has 0 saturated heterocycles. The molecule has 2 aromatic carbocycles. The van der Waals surface area contributed by atoms with Gasteiger partial charge in [-0.05, 0) is 61.1 Å². The molecule has 5 nitrogen and oxygen atoms in total. The minimum Gasteiger partial charge on any atom is -0.325 e. The molecule has 0 radical (unpaired) electrons. The van der Waals surface area contributed by atoms with E-state index in [0.717, 1.165) is 17.7 Å².